The molecule has 0 bridgehead atoms. The van der Waals surface area contributed by atoms with E-state index in [0.717, 1.165) is 6.07 Å². The minimum absolute atomic E-state index is 0.0430. The zero-order valence-corrected chi connectivity index (χ0v) is 13.8. The molecule has 2 atom stereocenters. The Kier molecular flexibility index (Phi) is 5.38. The van der Waals surface area contributed by atoms with E-state index in [2.05, 4.69) is 0 Å². The normalized spacial score (nSPS) is 14.3. The molecule has 2 aromatic carbocycles. The highest BCUT2D eigenvalue weighted by atomic mass is 32.2. The molecule has 0 aliphatic rings. The fourth-order valence-electron chi connectivity index (χ4n) is 2.28. The number of hydrogen-bond donors (Lipinski definition) is 1. The van der Waals surface area contributed by atoms with Gasteiger partial charge in [0.05, 0.1) is 24.2 Å². The van der Waals surface area contributed by atoms with E-state index in [0.29, 0.717) is 5.56 Å². The van der Waals surface area contributed by atoms with Gasteiger partial charge in [-0.15, -0.1) is 0 Å². The minimum Gasteiger partial charge on any atom is -0.494 e. The number of halogens is 1. The largest absolute Gasteiger partial charge is 0.494 e. The summed E-state index contributed by atoms with van der Waals surface area (Å²) in [7, 11) is -2.26. The van der Waals surface area contributed by atoms with Gasteiger partial charge in [-0.3, -0.25) is 0 Å². The Morgan fingerprint density at radius 1 is 1.13 bits per heavy atom. The standard InChI is InChI=1S/C17H19FO4S/c1-12(13-6-4-3-5-7-13)23(20,21)11-16(19)14-8-9-17(22-2)15(18)10-14/h3-10,12,16,19H,11H2,1-2H3. The smallest absolute Gasteiger partial charge is 0.165 e. The highest BCUT2D eigenvalue weighted by Gasteiger charge is 2.26. The van der Waals surface area contributed by atoms with E-state index < -0.39 is 32.8 Å². The average Bonchev–Trinajstić information content (AvgIpc) is 2.54. The number of aliphatic hydroxyl groups excluding tert-OH is 1. The predicted octanol–water partition coefficient (Wildman–Crippen LogP) is 3.04. The maximum Gasteiger partial charge on any atom is 0.165 e. The highest BCUT2D eigenvalue weighted by molar-refractivity contribution is 7.91. The molecule has 23 heavy (non-hydrogen) atoms. The molecule has 0 fully saturated rings. The number of sulfone groups is 1. The van der Waals surface area contributed by atoms with E-state index in [4.69, 9.17) is 4.74 Å². The van der Waals surface area contributed by atoms with E-state index in [9.17, 15) is 17.9 Å². The van der Waals surface area contributed by atoms with Crippen LogP contribution in [0.4, 0.5) is 4.39 Å². The van der Waals surface area contributed by atoms with Crippen molar-refractivity contribution >= 4 is 9.84 Å². The van der Waals surface area contributed by atoms with Crippen LogP contribution in [0.25, 0.3) is 0 Å². The summed E-state index contributed by atoms with van der Waals surface area (Å²) < 4.78 is 43.4. The SMILES string of the molecule is COc1ccc(C(O)CS(=O)(=O)C(C)c2ccccc2)cc1F. The molecule has 0 spiro atoms. The van der Waals surface area contributed by atoms with Gasteiger partial charge in [-0.25, -0.2) is 12.8 Å². The molecule has 0 heterocycles. The molecule has 0 aromatic heterocycles. The summed E-state index contributed by atoms with van der Waals surface area (Å²) in [6.07, 6.45) is -1.30. The van der Waals surface area contributed by atoms with Crippen LogP contribution in [0.15, 0.2) is 48.5 Å². The average molecular weight is 338 g/mol. The summed E-state index contributed by atoms with van der Waals surface area (Å²) in [5, 5.41) is 9.40. The van der Waals surface area contributed by atoms with Gasteiger partial charge in [0.1, 0.15) is 0 Å². The van der Waals surface area contributed by atoms with E-state index >= 15 is 0 Å². The van der Waals surface area contributed by atoms with Crippen molar-refractivity contribution in [3.8, 4) is 5.75 Å². The number of aliphatic hydroxyl groups is 1. The second-order valence-corrected chi connectivity index (χ2v) is 7.66. The first-order chi connectivity index (χ1) is 10.8. The number of benzene rings is 2. The van der Waals surface area contributed by atoms with Gasteiger partial charge in [-0.05, 0) is 30.2 Å². The number of ether oxygens (including phenoxy) is 1. The maximum atomic E-state index is 13.7. The predicted molar refractivity (Wildman–Crippen MR) is 86.6 cm³/mol. The number of hydrogen-bond acceptors (Lipinski definition) is 4. The summed E-state index contributed by atoms with van der Waals surface area (Å²) in [6.45, 7) is 1.58. The van der Waals surface area contributed by atoms with Gasteiger partial charge < -0.3 is 9.84 Å². The molecular weight excluding hydrogens is 319 g/mol. The van der Waals surface area contributed by atoms with Gasteiger partial charge in [-0.1, -0.05) is 36.4 Å². The first-order valence-corrected chi connectivity index (χ1v) is 8.84. The molecular formula is C17H19FO4S. The molecule has 124 valence electrons. The van der Waals surface area contributed by atoms with E-state index in [-0.39, 0.29) is 11.3 Å². The topological polar surface area (TPSA) is 63.6 Å². The lowest BCUT2D eigenvalue weighted by Crippen LogP contribution is -2.19. The van der Waals surface area contributed by atoms with Crippen LogP contribution < -0.4 is 4.74 Å². The molecule has 6 heteroatoms. The lowest BCUT2D eigenvalue weighted by molar-refractivity contribution is 0.200. The van der Waals surface area contributed by atoms with Crippen molar-refractivity contribution in [1.82, 2.24) is 0 Å². The van der Waals surface area contributed by atoms with Crippen LogP contribution in [0.2, 0.25) is 0 Å². The molecule has 0 radical (unpaired) electrons. The maximum absolute atomic E-state index is 13.7. The summed E-state index contributed by atoms with van der Waals surface area (Å²) in [6, 6.07) is 12.7. The lowest BCUT2D eigenvalue weighted by atomic mass is 10.1. The van der Waals surface area contributed by atoms with E-state index in [1.165, 1.54) is 19.2 Å². The monoisotopic (exact) mass is 338 g/mol. The van der Waals surface area contributed by atoms with Crippen LogP contribution in [0.5, 0.6) is 5.75 Å². The molecule has 0 saturated heterocycles. The Labute approximate surface area is 135 Å². The Morgan fingerprint density at radius 3 is 2.35 bits per heavy atom. The van der Waals surface area contributed by atoms with Gasteiger partial charge >= 0.3 is 0 Å². The van der Waals surface area contributed by atoms with Crippen molar-refractivity contribution in [1.29, 1.82) is 0 Å². The molecule has 2 aromatic rings. The molecule has 0 saturated carbocycles. The van der Waals surface area contributed by atoms with Crippen LogP contribution in [0.3, 0.4) is 0 Å². The van der Waals surface area contributed by atoms with Crippen LogP contribution in [0.1, 0.15) is 29.4 Å². The number of methoxy groups -OCH3 is 1. The van der Waals surface area contributed by atoms with Crippen molar-refractivity contribution in [3.05, 3.63) is 65.5 Å². The Bertz CT molecular complexity index is 759. The number of rotatable bonds is 6. The summed E-state index contributed by atoms with van der Waals surface area (Å²) >= 11 is 0. The fraction of sp³-hybridized carbons (Fsp3) is 0.294. The van der Waals surface area contributed by atoms with Crippen LogP contribution in [-0.2, 0) is 9.84 Å². The van der Waals surface area contributed by atoms with Gasteiger partial charge in [0.2, 0.25) is 0 Å². The zero-order chi connectivity index (χ0) is 17.0. The van der Waals surface area contributed by atoms with Gasteiger partial charge in [0.25, 0.3) is 0 Å². The Balaban J connectivity index is 2.18. The first-order valence-electron chi connectivity index (χ1n) is 7.13. The molecule has 2 rings (SSSR count). The summed E-state index contributed by atoms with van der Waals surface area (Å²) in [4.78, 5) is 0. The molecule has 4 nitrogen and oxygen atoms in total. The van der Waals surface area contributed by atoms with E-state index in [1.54, 1.807) is 37.3 Å². The molecule has 0 aliphatic heterocycles. The van der Waals surface area contributed by atoms with Crippen molar-refractivity contribution in [3.63, 3.8) is 0 Å². The third-order valence-corrected chi connectivity index (χ3v) is 5.89. The summed E-state index contributed by atoms with van der Waals surface area (Å²) in [5.74, 6) is -1.08. The minimum atomic E-state index is -3.59. The summed E-state index contributed by atoms with van der Waals surface area (Å²) in [5.41, 5.74) is 0.854. The van der Waals surface area contributed by atoms with Crippen molar-refractivity contribution < 1.29 is 22.7 Å². The fourth-order valence-corrected chi connectivity index (χ4v) is 3.77. The van der Waals surface area contributed by atoms with Crippen molar-refractivity contribution in [2.24, 2.45) is 0 Å². The Morgan fingerprint density at radius 2 is 1.78 bits per heavy atom. The van der Waals surface area contributed by atoms with Crippen LogP contribution in [-0.4, -0.2) is 26.4 Å². The molecule has 2 unspecified atom stereocenters. The van der Waals surface area contributed by atoms with Gasteiger partial charge in [0, 0.05) is 0 Å². The van der Waals surface area contributed by atoms with Crippen LogP contribution >= 0.6 is 0 Å². The van der Waals surface area contributed by atoms with Gasteiger partial charge in [-0.2, -0.15) is 0 Å². The van der Waals surface area contributed by atoms with E-state index in [1.807, 2.05) is 0 Å². The second-order valence-electron chi connectivity index (χ2n) is 5.29. The Hall–Kier alpha value is -1.92. The lowest BCUT2D eigenvalue weighted by Gasteiger charge is -2.17. The van der Waals surface area contributed by atoms with Crippen molar-refractivity contribution in [2.45, 2.75) is 18.3 Å². The van der Waals surface area contributed by atoms with Crippen LogP contribution in [0, 0.1) is 5.82 Å². The molecule has 0 aliphatic carbocycles. The quantitative estimate of drug-likeness (QED) is 0.879. The zero-order valence-electron chi connectivity index (χ0n) is 12.9. The molecule has 0 amide bonds. The van der Waals surface area contributed by atoms with Gasteiger partial charge in [0.15, 0.2) is 21.4 Å². The first kappa shape index (κ1) is 17.4. The third-order valence-electron chi connectivity index (χ3n) is 3.76. The molecule has 1 N–H and O–H groups in total. The van der Waals surface area contributed by atoms with Crippen molar-refractivity contribution in [2.75, 3.05) is 12.9 Å². The second kappa shape index (κ2) is 7.10. The third kappa shape index (κ3) is 4.09. The highest BCUT2D eigenvalue weighted by Crippen LogP contribution is 2.28.